The third-order valence-electron chi connectivity index (χ3n) is 5.50. The van der Waals surface area contributed by atoms with E-state index in [1.54, 1.807) is 18.5 Å². The van der Waals surface area contributed by atoms with Gasteiger partial charge >= 0.3 is 0 Å². The maximum atomic E-state index is 13.0. The first-order valence-corrected chi connectivity index (χ1v) is 12.2. The Morgan fingerprint density at radius 3 is 2.44 bits per heavy atom. The zero-order valence-corrected chi connectivity index (χ0v) is 16.7. The van der Waals surface area contributed by atoms with E-state index < -0.39 is 19.9 Å². The third-order valence-corrected chi connectivity index (χ3v) is 8.99. The summed E-state index contributed by atoms with van der Waals surface area (Å²) in [7, 11) is -6.73. The van der Waals surface area contributed by atoms with E-state index in [0.29, 0.717) is 23.7 Å². The Labute approximate surface area is 150 Å². The van der Waals surface area contributed by atoms with Crippen molar-refractivity contribution in [2.45, 2.75) is 69.9 Å². The molecule has 2 aliphatic rings. The lowest BCUT2D eigenvalue weighted by molar-refractivity contribution is 0.310. The maximum absolute atomic E-state index is 13.0. The number of nitrogens with zero attached hydrogens (tertiary/aromatic N) is 2. The van der Waals surface area contributed by atoms with Crippen LogP contribution in [-0.2, 0) is 19.9 Å². The molecule has 142 valence electrons. The monoisotopic (exact) mass is 389 g/mol. The minimum atomic E-state index is -3.67. The molecule has 1 aliphatic heterocycles. The van der Waals surface area contributed by atoms with E-state index in [4.69, 9.17) is 0 Å². The molecule has 2 heterocycles. The summed E-state index contributed by atoms with van der Waals surface area (Å²) in [4.78, 5) is 0.203. The minimum Gasteiger partial charge on any atom is -0.264 e. The second kappa shape index (κ2) is 6.66. The largest absolute Gasteiger partial charge is 0.264 e. The maximum Gasteiger partial charge on any atom is 0.244 e. The molecule has 2 fully saturated rings. The van der Waals surface area contributed by atoms with Crippen LogP contribution in [0.3, 0.4) is 0 Å². The first-order chi connectivity index (χ1) is 11.6. The van der Waals surface area contributed by atoms with Crippen LogP contribution in [0.5, 0.6) is 0 Å². The second-order valence-corrected chi connectivity index (χ2v) is 11.4. The van der Waals surface area contributed by atoms with Gasteiger partial charge in [-0.05, 0) is 39.0 Å². The number of nitrogens with one attached hydrogen (secondary N) is 1. The Kier molecular flexibility index (Phi) is 5.02. The molecule has 1 aromatic rings. The summed E-state index contributed by atoms with van der Waals surface area (Å²) >= 11 is 0. The summed E-state index contributed by atoms with van der Waals surface area (Å²) in [6, 6.07) is -0.325. The van der Waals surface area contributed by atoms with Crippen molar-refractivity contribution in [3.05, 3.63) is 11.4 Å². The number of sulfonamides is 1. The van der Waals surface area contributed by atoms with Crippen LogP contribution in [0.25, 0.3) is 0 Å². The van der Waals surface area contributed by atoms with Crippen molar-refractivity contribution in [2.75, 3.05) is 11.5 Å². The molecule has 7 nitrogen and oxygen atoms in total. The Balaban J connectivity index is 1.89. The predicted octanol–water partition coefficient (Wildman–Crippen LogP) is 1.72. The molecule has 1 saturated carbocycles. The van der Waals surface area contributed by atoms with Gasteiger partial charge < -0.3 is 0 Å². The Morgan fingerprint density at radius 2 is 1.84 bits per heavy atom. The highest BCUT2D eigenvalue weighted by atomic mass is 32.2. The molecule has 3 atom stereocenters. The fourth-order valence-corrected chi connectivity index (χ4v) is 7.58. The van der Waals surface area contributed by atoms with Gasteiger partial charge in [0.25, 0.3) is 0 Å². The van der Waals surface area contributed by atoms with Gasteiger partial charge in [0.15, 0.2) is 9.84 Å². The highest BCUT2D eigenvalue weighted by molar-refractivity contribution is 7.91. The summed E-state index contributed by atoms with van der Waals surface area (Å²) < 4.78 is 53.9. The second-order valence-electron chi connectivity index (χ2n) is 7.49. The molecule has 1 aromatic heterocycles. The highest BCUT2D eigenvalue weighted by Crippen LogP contribution is 2.30. The van der Waals surface area contributed by atoms with Crippen LogP contribution < -0.4 is 4.72 Å². The van der Waals surface area contributed by atoms with Gasteiger partial charge in [-0.25, -0.2) is 21.6 Å². The summed E-state index contributed by atoms with van der Waals surface area (Å²) in [6.07, 6.45) is 4.55. The molecule has 25 heavy (non-hydrogen) atoms. The molecule has 3 unspecified atom stereocenters. The molecular weight excluding hydrogens is 362 g/mol. The van der Waals surface area contributed by atoms with Gasteiger partial charge in [0.2, 0.25) is 10.0 Å². The molecule has 9 heteroatoms. The van der Waals surface area contributed by atoms with Crippen LogP contribution in [0.2, 0.25) is 0 Å². The molecule has 1 saturated heterocycles. The topological polar surface area (TPSA) is 98.1 Å². The zero-order valence-electron chi connectivity index (χ0n) is 15.0. The van der Waals surface area contributed by atoms with Crippen LogP contribution in [0.4, 0.5) is 0 Å². The SMILES string of the molecule is Cc1nn(C2CCS(=O)(=O)C2)c(C)c1S(=O)(=O)NC1CCCCC1C. The van der Waals surface area contributed by atoms with Gasteiger partial charge in [-0.15, -0.1) is 0 Å². The molecule has 0 aromatic carbocycles. The van der Waals surface area contributed by atoms with Crippen LogP contribution in [0.1, 0.15) is 56.5 Å². The van der Waals surface area contributed by atoms with Crippen molar-refractivity contribution in [3.63, 3.8) is 0 Å². The number of sulfone groups is 1. The number of rotatable bonds is 4. The van der Waals surface area contributed by atoms with Gasteiger partial charge in [-0.2, -0.15) is 5.10 Å². The fraction of sp³-hybridized carbons (Fsp3) is 0.812. The molecule has 0 bridgehead atoms. The number of hydrogen-bond donors (Lipinski definition) is 1. The van der Waals surface area contributed by atoms with E-state index >= 15 is 0 Å². The van der Waals surface area contributed by atoms with E-state index in [1.165, 1.54) is 0 Å². The van der Waals surface area contributed by atoms with E-state index in [2.05, 4.69) is 16.7 Å². The van der Waals surface area contributed by atoms with Crippen molar-refractivity contribution >= 4 is 19.9 Å². The standard InChI is InChI=1S/C16H27N3O4S2/c1-11-6-4-5-7-15(11)18-25(22,23)16-12(2)17-19(13(16)3)14-8-9-24(20,21)10-14/h11,14-15,18H,4-10H2,1-3H3. The van der Waals surface area contributed by atoms with Gasteiger partial charge in [0.05, 0.1) is 28.9 Å². The lowest BCUT2D eigenvalue weighted by atomic mass is 9.87. The molecule has 1 N–H and O–H groups in total. The van der Waals surface area contributed by atoms with Crippen LogP contribution in [0.15, 0.2) is 4.90 Å². The molecule has 1 aliphatic carbocycles. The quantitative estimate of drug-likeness (QED) is 0.845. The average Bonchev–Trinajstić information content (AvgIpc) is 3.00. The molecular formula is C16H27N3O4S2. The zero-order chi connectivity index (χ0) is 18.4. The highest BCUT2D eigenvalue weighted by Gasteiger charge is 2.35. The Morgan fingerprint density at radius 1 is 1.16 bits per heavy atom. The summed E-state index contributed by atoms with van der Waals surface area (Å²) in [5, 5.41) is 4.37. The van der Waals surface area contributed by atoms with Crippen molar-refractivity contribution in [3.8, 4) is 0 Å². The first kappa shape index (κ1) is 18.8. The van der Waals surface area contributed by atoms with E-state index in [-0.39, 0.29) is 28.5 Å². The predicted molar refractivity (Wildman–Crippen MR) is 95.8 cm³/mol. The molecule has 0 spiro atoms. The lowest BCUT2D eigenvalue weighted by Crippen LogP contribution is -2.41. The normalized spacial score (nSPS) is 29.8. The van der Waals surface area contributed by atoms with Crippen molar-refractivity contribution < 1.29 is 16.8 Å². The van der Waals surface area contributed by atoms with Crippen LogP contribution >= 0.6 is 0 Å². The average molecular weight is 390 g/mol. The molecule has 3 rings (SSSR count). The van der Waals surface area contributed by atoms with E-state index in [0.717, 1.165) is 25.7 Å². The molecule has 0 radical (unpaired) electrons. The Bertz CT molecular complexity index is 858. The minimum absolute atomic E-state index is 0.0293. The van der Waals surface area contributed by atoms with E-state index in [1.807, 2.05) is 0 Å². The number of aryl methyl sites for hydroxylation is 1. The van der Waals surface area contributed by atoms with Gasteiger partial charge in [-0.1, -0.05) is 19.8 Å². The summed E-state index contributed by atoms with van der Waals surface area (Å²) in [5.74, 6) is 0.483. The first-order valence-electron chi connectivity index (χ1n) is 8.89. The smallest absolute Gasteiger partial charge is 0.244 e. The third kappa shape index (κ3) is 3.78. The van der Waals surface area contributed by atoms with Crippen molar-refractivity contribution in [1.29, 1.82) is 0 Å². The van der Waals surface area contributed by atoms with Crippen molar-refractivity contribution in [2.24, 2.45) is 5.92 Å². The molecule has 0 amide bonds. The number of aromatic nitrogens is 2. The summed E-state index contributed by atoms with van der Waals surface area (Å²) in [5.41, 5.74) is 0.952. The van der Waals surface area contributed by atoms with E-state index in [9.17, 15) is 16.8 Å². The van der Waals surface area contributed by atoms with Gasteiger partial charge in [-0.3, -0.25) is 4.68 Å². The number of hydrogen-bond acceptors (Lipinski definition) is 5. The summed E-state index contributed by atoms with van der Waals surface area (Å²) in [6.45, 7) is 5.47. The fourth-order valence-electron chi connectivity index (χ4n) is 4.11. The van der Waals surface area contributed by atoms with Crippen molar-refractivity contribution in [1.82, 2.24) is 14.5 Å². The van der Waals surface area contributed by atoms with Gasteiger partial charge in [0.1, 0.15) is 4.90 Å². The van der Waals surface area contributed by atoms with Gasteiger partial charge in [0, 0.05) is 6.04 Å². The van der Waals surface area contributed by atoms with Crippen LogP contribution in [-0.4, -0.2) is 44.2 Å². The lowest BCUT2D eigenvalue weighted by Gasteiger charge is -2.29. The van der Waals surface area contributed by atoms with Crippen LogP contribution in [0, 0.1) is 19.8 Å². The Hall–Kier alpha value is -0.930.